The number of fused-ring (bicyclic) bond motifs is 3. The Morgan fingerprint density at radius 1 is 1.02 bits per heavy atom. The van der Waals surface area contributed by atoms with Gasteiger partial charge in [-0.2, -0.15) is 0 Å². The smallest absolute Gasteiger partial charge is 0.115 e. The molecule has 1 aromatic carbocycles. The second-order valence-electron chi connectivity index (χ2n) is 17.2. The van der Waals surface area contributed by atoms with Crippen LogP contribution in [0.2, 0.25) is 0 Å². The van der Waals surface area contributed by atoms with Gasteiger partial charge in [0.05, 0.1) is 0 Å². The predicted molar refractivity (Wildman–Crippen MR) is 229 cm³/mol. The molecule has 6 aliphatic carbocycles. The Labute approximate surface area is 324 Å². The van der Waals surface area contributed by atoms with E-state index in [9.17, 15) is 5.11 Å². The van der Waals surface area contributed by atoms with Gasteiger partial charge in [0.25, 0.3) is 0 Å². The lowest BCUT2D eigenvalue weighted by atomic mass is 9.55. The number of aliphatic hydroxyl groups excluding tert-OH is 1. The Morgan fingerprint density at radius 2 is 1.71 bits per heavy atom. The van der Waals surface area contributed by atoms with Gasteiger partial charge in [0.15, 0.2) is 0 Å². The molecular weight excluding hydrogens is 655 g/mol. The Kier molecular flexibility index (Phi) is 14.2. The summed E-state index contributed by atoms with van der Waals surface area (Å²) in [7, 11) is 0. The maximum Gasteiger partial charge on any atom is 0.115 e. The van der Waals surface area contributed by atoms with Gasteiger partial charge in [-0.3, -0.25) is 0 Å². The molecule has 1 heterocycles. The summed E-state index contributed by atoms with van der Waals surface area (Å²) in [6.07, 6.45) is 31.6. The topological polar surface area (TPSA) is 61.5 Å². The van der Waals surface area contributed by atoms with Crippen LogP contribution in [0.1, 0.15) is 130 Å². The monoisotopic (exact) mass is 730 g/mol. The molecule has 5 saturated carbocycles. The van der Waals surface area contributed by atoms with E-state index in [1.165, 1.54) is 95.7 Å². The number of terminal acetylenes is 1. The number of nitrogens with one attached hydrogen (secondary N) is 1. The molecule has 0 amide bonds. The molecule has 1 aromatic rings. The molecule has 4 N–H and O–H groups in total. The molecule has 1 aliphatic heterocycles. The number of nitrogens with zero attached hydrogens (tertiary/aromatic N) is 1. The third-order valence-corrected chi connectivity index (χ3v) is 16.4. The number of nitrogens with two attached hydrogens (primary N) is 1. The molecule has 0 aromatic heterocycles. The van der Waals surface area contributed by atoms with Gasteiger partial charge in [-0.25, -0.2) is 4.31 Å². The summed E-state index contributed by atoms with van der Waals surface area (Å²) < 4.78 is 2.54. The lowest BCUT2D eigenvalue weighted by molar-refractivity contribution is -0.0116. The van der Waals surface area contributed by atoms with E-state index >= 15 is 0 Å². The van der Waals surface area contributed by atoms with Crippen LogP contribution in [-0.2, 0) is 0 Å². The molecule has 8 rings (SSSR count). The highest BCUT2D eigenvalue weighted by Crippen LogP contribution is 2.91. The minimum atomic E-state index is 0. The summed E-state index contributed by atoms with van der Waals surface area (Å²) >= 11 is 1.89. The van der Waals surface area contributed by atoms with E-state index in [0.29, 0.717) is 22.4 Å². The van der Waals surface area contributed by atoms with Crippen LogP contribution in [0.15, 0.2) is 49.6 Å². The van der Waals surface area contributed by atoms with Crippen molar-refractivity contribution in [2.24, 2.45) is 57.5 Å². The first-order valence-corrected chi connectivity index (χ1v) is 21.7. The van der Waals surface area contributed by atoms with Crippen LogP contribution in [0.3, 0.4) is 0 Å². The third-order valence-electron chi connectivity index (χ3n) is 15.5. The Bertz CT molecular complexity index is 1400. The molecule has 10 atom stereocenters. The molecule has 290 valence electrons. The first-order valence-electron chi connectivity index (χ1n) is 20.5. The van der Waals surface area contributed by atoms with Gasteiger partial charge >= 0.3 is 0 Å². The van der Waals surface area contributed by atoms with Crippen molar-refractivity contribution in [3.8, 4) is 12.8 Å². The summed E-state index contributed by atoms with van der Waals surface area (Å²) in [5.41, 5.74) is 11.6. The maximum absolute atomic E-state index is 9.88. The standard InChI is InChI=1S/C39H57N3OS.C3H6.C2H6.C2H2.CH4/c1-25(43)27-7-9-28(10-8-27)31-14-19-39-34(36(31,2)3)15-20-38(39)33-13-18-37(17-5-6-32(37)30(33)11-12-35(38)39)41-21-16-26-22-29(23-40)42(24-26)44-4;1-3-2;2*1-2;/h7-10,14,26,29-30,32-35,41,43H,1,5-6,11-13,15-24,40H2,2-4H3;3H,1H2,2H3;1-2H3;1-2H;1H4/t26?,29?,30-,32?,33?,34?,35?,37?,38?,39?;;;;/m1..../s1. The van der Waals surface area contributed by atoms with Crippen LogP contribution in [0.4, 0.5) is 0 Å². The number of rotatable bonds is 8. The summed E-state index contributed by atoms with van der Waals surface area (Å²) in [6, 6.07) is 9.10. The lowest BCUT2D eigenvalue weighted by Crippen LogP contribution is -2.57. The van der Waals surface area contributed by atoms with Gasteiger partial charge in [-0.1, -0.05) is 96.5 Å². The molecule has 9 unspecified atom stereocenters. The quantitative estimate of drug-likeness (QED) is 0.108. The van der Waals surface area contributed by atoms with Crippen molar-refractivity contribution in [3.63, 3.8) is 0 Å². The van der Waals surface area contributed by atoms with E-state index in [-0.39, 0.29) is 18.6 Å². The largest absolute Gasteiger partial charge is 0.508 e. The summed E-state index contributed by atoms with van der Waals surface area (Å²) in [4.78, 5) is 0. The lowest BCUT2D eigenvalue weighted by Gasteiger charge is -2.53. The molecule has 52 heavy (non-hydrogen) atoms. The van der Waals surface area contributed by atoms with Crippen molar-refractivity contribution in [2.45, 2.75) is 131 Å². The predicted octanol–water partition coefficient (Wildman–Crippen LogP) is 11.4. The molecule has 1 saturated heterocycles. The molecule has 0 bridgehead atoms. The van der Waals surface area contributed by atoms with Crippen molar-refractivity contribution < 1.29 is 5.11 Å². The van der Waals surface area contributed by atoms with E-state index in [2.05, 4.69) is 73.9 Å². The van der Waals surface area contributed by atoms with Gasteiger partial charge in [-0.15, -0.1) is 19.4 Å². The Hall–Kier alpha value is -1.97. The number of allylic oxidation sites excluding steroid dienone is 3. The molecule has 6 fully saturated rings. The Balaban J connectivity index is 0.000000710. The van der Waals surface area contributed by atoms with Gasteiger partial charge in [-0.05, 0) is 153 Å². The Morgan fingerprint density at radius 3 is 2.33 bits per heavy atom. The normalized spacial score (nSPS) is 38.6. The second kappa shape index (κ2) is 17.2. The first kappa shape index (κ1) is 42.8. The SMILES string of the molecule is C.C#C.C=C(O)c1ccc(C2=CCC34C(CCC35C3CCC6(NCCC7CC(CN)N(SC)C7)CCCC6[C@H]3CCC54)C2(C)C)cc1.C=CC.CC. The van der Waals surface area contributed by atoms with Crippen molar-refractivity contribution in [1.29, 1.82) is 0 Å². The van der Waals surface area contributed by atoms with E-state index in [1.807, 2.05) is 44.9 Å². The maximum atomic E-state index is 9.88. The fourth-order valence-corrected chi connectivity index (χ4v) is 14.8. The van der Waals surface area contributed by atoms with Crippen LogP contribution in [0, 0.1) is 64.6 Å². The van der Waals surface area contributed by atoms with Crippen LogP contribution in [0.5, 0.6) is 0 Å². The third kappa shape index (κ3) is 6.69. The minimum Gasteiger partial charge on any atom is -0.508 e. The van der Waals surface area contributed by atoms with Crippen molar-refractivity contribution in [3.05, 3.63) is 60.7 Å². The minimum absolute atomic E-state index is 0. The highest BCUT2D eigenvalue weighted by molar-refractivity contribution is 7.96. The number of hydrogen-bond acceptors (Lipinski definition) is 5. The second-order valence-corrected chi connectivity index (χ2v) is 18.1. The molecular formula is C47H75N3OS. The fourth-order valence-electron chi connectivity index (χ4n) is 14.0. The highest BCUT2D eigenvalue weighted by Gasteiger charge is 2.86. The number of hydrogen-bond donors (Lipinski definition) is 3. The zero-order chi connectivity index (χ0) is 37.2. The zero-order valence-electron chi connectivity index (χ0n) is 33.1. The summed E-state index contributed by atoms with van der Waals surface area (Å²) in [5.74, 6) is 5.52. The van der Waals surface area contributed by atoms with E-state index < -0.39 is 0 Å². The molecule has 7 aliphatic rings. The summed E-state index contributed by atoms with van der Waals surface area (Å²) in [6.45, 7) is 21.3. The van der Waals surface area contributed by atoms with Crippen LogP contribution in [-0.4, -0.2) is 46.9 Å². The average molecular weight is 730 g/mol. The van der Waals surface area contributed by atoms with Crippen LogP contribution in [0.25, 0.3) is 11.3 Å². The molecule has 4 nitrogen and oxygen atoms in total. The highest BCUT2D eigenvalue weighted by atomic mass is 32.2. The average Bonchev–Trinajstić information content (AvgIpc) is 3.58. The molecule has 0 radical (unpaired) electrons. The molecule has 2 spiro atoms. The summed E-state index contributed by atoms with van der Waals surface area (Å²) in [5, 5.41) is 14.2. The van der Waals surface area contributed by atoms with Gasteiger partial charge in [0.1, 0.15) is 5.76 Å². The van der Waals surface area contributed by atoms with E-state index in [1.54, 1.807) is 11.6 Å². The first-order chi connectivity index (χ1) is 24.6. The van der Waals surface area contributed by atoms with Gasteiger partial charge in [0, 0.05) is 30.2 Å². The number of aliphatic hydroxyl groups is 1. The fraction of sp³-hybridized carbons (Fsp3) is 0.702. The van der Waals surface area contributed by atoms with Gasteiger partial charge in [0.2, 0.25) is 0 Å². The van der Waals surface area contributed by atoms with Crippen molar-refractivity contribution in [1.82, 2.24) is 9.62 Å². The van der Waals surface area contributed by atoms with Crippen LogP contribution < -0.4 is 11.1 Å². The van der Waals surface area contributed by atoms with E-state index in [4.69, 9.17) is 5.73 Å². The van der Waals surface area contributed by atoms with Crippen molar-refractivity contribution in [2.75, 3.05) is 25.9 Å². The van der Waals surface area contributed by atoms with Crippen molar-refractivity contribution >= 4 is 23.3 Å². The van der Waals surface area contributed by atoms with Crippen LogP contribution >= 0.6 is 11.9 Å². The van der Waals surface area contributed by atoms with Gasteiger partial charge < -0.3 is 16.2 Å². The zero-order valence-corrected chi connectivity index (χ0v) is 33.9. The van der Waals surface area contributed by atoms with E-state index in [0.717, 1.165) is 47.6 Å². The number of benzene rings is 1. The molecule has 5 heteroatoms.